The number of carbonyl (C=O) groups excluding carboxylic acids is 1. The number of nitrogens with zero attached hydrogens (tertiary/aromatic N) is 4. The SMILES string of the molecule is COc1ccc(CCCN(C)C(=O)c2ccc(-n3ccnc3)c([N+](=O)[O-])c2)cc1OC. The number of methoxy groups -OCH3 is 2. The van der Waals surface area contributed by atoms with Crippen molar-refractivity contribution in [2.75, 3.05) is 27.8 Å². The number of aryl methyl sites for hydroxylation is 1. The molecule has 0 spiro atoms. The zero-order chi connectivity index (χ0) is 22.4. The molecule has 0 radical (unpaired) electrons. The molecule has 0 saturated carbocycles. The van der Waals surface area contributed by atoms with Gasteiger partial charge in [0.1, 0.15) is 5.69 Å². The topological polar surface area (TPSA) is 99.7 Å². The van der Waals surface area contributed by atoms with Gasteiger partial charge in [0.2, 0.25) is 0 Å². The van der Waals surface area contributed by atoms with Gasteiger partial charge in [0.05, 0.1) is 25.5 Å². The number of imidazole rings is 1. The Labute approximate surface area is 180 Å². The molecule has 2 aromatic carbocycles. The van der Waals surface area contributed by atoms with Crippen LogP contribution in [0.2, 0.25) is 0 Å². The first kappa shape index (κ1) is 21.8. The van der Waals surface area contributed by atoms with Crippen molar-refractivity contribution < 1.29 is 19.2 Å². The highest BCUT2D eigenvalue weighted by molar-refractivity contribution is 5.95. The van der Waals surface area contributed by atoms with Gasteiger partial charge in [0, 0.05) is 37.6 Å². The van der Waals surface area contributed by atoms with Crippen molar-refractivity contribution in [3.8, 4) is 17.2 Å². The molecule has 0 aliphatic rings. The number of nitro groups is 1. The van der Waals surface area contributed by atoms with Crippen LogP contribution in [0.25, 0.3) is 5.69 Å². The van der Waals surface area contributed by atoms with Crippen LogP contribution in [0.5, 0.6) is 11.5 Å². The highest BCUT2D eigenvalue weighted by Crippen LogP contribution is 2.28. The number of carbonyl (C=O) groups is 1. The van der Waals surface area contributed by atoms with Crippen LogP contribution in [0.4, 0.5) is 5.69 Å². The van der Waals surface area contributed by atoms with Gasteiger partial charge in [-0.25, -0.2) is 4.98 Å². The third-order valence-electron chi connectivity index (χ3n) is 4.96. The van der Waals surface area contributed by atoms with Gasteiger partial charge in [-0.1, -0.05) is 6.07 Å². The molecule has 0 bridgehead atoms. The number of benzene rings is 2. The summed E-state index contributed by atoms with van der Waals surface area (Å²) < 4.78 is 12.1. The third kappa shape index (κ3) is 5.00. The Kier molecular flexibility index (Phi) is 6.86. The van der Waals surface area contributed by atoms with Crippen LogP contribution in [0.1, 0.15) is 22.3 Å². The van der Waals surface area contributed by atoms with Crippen LogP contribution >= 0.6 is 0 Å². The summed E-state index contributed by atoms with van der Waals surface area (Å²) in [5.74, 6) is 1.06. The van der Waals surface area contributed by atoms with Crippen LogP contribution in [0.3, 0.4) is 0 Å². The van der Waals surface area contributed by atoms with E-state index < -0.39 is 4.92 Å². The van der Waals surface area contributed by atoms with Crippen LogP contribution < -0.4 is 9.47 Å². The van der Waals surface area contributed by atoms with Crippen LogP contribution in [0.15, 0.2) is 55.1 Å². The normalized spacial score (nSPS) is 10.5. The minimum absolute atomic E-state index is 0.150. The van der Waals surface area contributed by atoms with Crippen molar-refractivity contribution in [3.63, 3.8) is 0 Å². The summed E-state index contributed by atoms with van der Waals surface area (Å²) >= 11 is 0. The third-order valence-corrected chi connectivity index (χ3v) is 4.96. The van der Waals surface area contributed by atoms with E-state index in [1.807, 2.05) is 18.2 Å². The van der Waals surface area contributed by atoms with E-state index in [0.29, 0.717) is 23.7 Å². The molecule has 0 N–H and O–H groups in total. The lowest BCUT2D eigenvalue weighted by Crippen LogP contribution is -2.28. The molecule has 3 rings (SSSR count). The van der Waals surface area contributed by atoms with Crippen molar-refractivity contribution in [3.05, 3.63) is 76.4 Å². The molecule has 0 unspecified atom stereocenters. The highest BCUT2D eigenvalue weighted by Gasteiger charge is 2.20. The van der Waals surface area contributed by atoms with Crippen molar-refractivity contribution in [1.82, 2.24) is 14.5 Å². The zero-order valence-electron chi connectivity index (χ0n) is 17.6. The van der Waals surface area contributed by atoms with Crippen molar-refractivity contribution in [2.24, 2.45) is 0 Å². The van der Waals surface area contributed by atoms with E-state index in [1.54, 1.807) is 49.1 Å². The fraction of sp³-hybridized carbons (Fsp3) is 0.273. The lowest BCUT2D eigenvalue weighted by molar-refractivity contribution is -0.384. The van der Waals surface area contributed by atoms with Gasteiger partial charge < -0.3 is 18.9 Å². The molecule has 3 aromatic rings. The Balaban J connectivity index is 1.66. The van der Waals surface area contributed by atoms with Gasteiger partial charge in [-0.05, 0) is 42.7 Å². The van der Waals surface area contributed by atoms with Gasteiger partial charge in [-0.2, -0.15) is 0 Å². The van der Waals surface area contributed by atoms with Crippen LogP contribution in [-0.4, -0.2) is 53.1 Å². The van der Waals surface area contributed by atoms with Crippen LogP contribution in [-0.2, 0) is 6.42 Å². The molecule has 0 aliphatic carbocycles. The van der Waals surface area contributed by atoms with E-state index >= 15 is 0 Å². The molecule has 162 valence electrons. The van der Waals surface area contributed by atoms with E-state index in [9.17, 15) is 14.9 Å². The molecule has 1 aromatic heterocycles. The Morgan fingerprint density at radius 3 is 2.58 bits per heavy atom. The molecule has 0 atom stereocenters. The smallest absolute Gasteiger partial charge is 0.294 e. The average Bonchev–Trinajstić information content (AvgIpc) is 3.32. The van der Waals surface area contributed by atoms with Gasteiger partial charge in [0.25, 0.3) is 11.6 Å². The van der Waals surface area contributed by atoms with E-state index in [1.165, 1.54) is 18.6 Å². The van der Waals surface area contributed by atoms with E-state index in [-0.39, 0.29) is 17.2 Å². The summed E-state index contributed by atoms with van der Waals surface area (Å²) in [6, 6.07) is 10.2. The maximum absolute atomic E-state index is 12.8. The first-order valence-corrected chi connectivity index (χ1v) is 9.67. The molecule has 31 heavy (non-hydrogen) atoms. The number of nitro benzene ring substituents is 1. The predicted octanol–water partition coefficient (Wildman–Crippen LogP) is 3.50. The predicted molar refractivity (Wildman–Crippen MR) is 115 cm³/mol. The Bertz CT molecular complexity index is 1070. The standard InChI is InChI=1S/C22H24N4O5/c1-24(11-4-5-16-6-9-20(30-2)21(13-16)31-3)22(27)17-7-8-18(19(14-17)26(28)29)25-12-10-23-15-25/h6-10,12-15H,4-5,11H2,1-3H3. The quantitative estimate of drug-likeness (QED) is 0.385. The number of hydrogen-bond donors (Lipinski definition) is 0. The second-order valence-electron chi connectivity index (χ2n) is 6.95. The number of aromatic nitrogens is 2. The molecule has 0 saturated heterocycles. The molecule has 0 fully saturated rings. The van der Waals surface area contributed by atoms with Crippen molar-refractivity contribution in [1.29, 1.82) is 0 Å². The molecule has 1 heterocycles. The van der Waals surface area contributed by atoms with Crippen molar-refractivity contribution in [2.45, 2.75) is 12.8 Å². The molecule has 0 aliphatic heterocycles. The summed E-state index contributed by atoms with van der Waals surface area (Å²) in [6.07, 6.45) is 6.10. The minimum Gasteiger partial charge on any atom is -0.493 e. The summed E-state index contributed by atoms with van der Waals surface area (Å²) in [5, 5.41) is 11.5. The zero-order valence-corrected chi connectivity index (χ0v) is 17.6. The second-order valence-corrected chi connectivity index (χ2v) is 6.95. The van der Waals surface area contributed by atoms with E-state index in [0.717, 1.165) is 18.4 Å². The Morgan fingerprint density at radius 2 is 1.94 bits per heavy atom. The maximum atomic E-state index is 12.8. The Morgan fingerprint density at radius 1 is 1.16 bits per heavy atom. The van der Waals surface area contributed by atoms with Gasteiger partial charge in [-0.15, -0.1) is 0 Å². The van der Waals surface area contributed by atoms with E-state index in [2.05, 4.69) is 4.98 Å². The largest absolute Gasteiger partial charge is 0.493 e. The number of amides is 1. The summed E-state index contributed by atoms with van der Waals surface area (Å²) in [5.41, 5.74) is 1.54. The molecular formula is C22H24N4O5. The van der Waals surface area contributed by atoms with E-state index in [4.69, 9.17) is 9.47 Å². The fourth-order valence-electron chi connectivity index (χ4n) is 3.30. The van der Waals surface area contributed by atoms with Gasteiger partial charge in [-0.3, -0.25) is 14.9 Å². The highest BCUT2D eigenvalue weighted by atomic mass is 16.6. The lowest BCUT2D eigenvalue weighted by Gasteiger charge is -2.18. The molecule has 9 nitrogen and oxygen atoms in total. The molecule has 9 heteroatoms. The lowest BCUT2D eigenvalue weighted by atomic mass is 10.1. The summed E-state index contributed by atoms with van der Waals surface area (Å²) in [4.78, 5) is 29.3. The monoisotopic (exact) mass is 424 g/mol. The number of rotatable bonds is 9. The number of hydrogen-bond acceptors (Lipinski definition) is 6. The maximum Gasteiger partial charge on any atom is 0.294 e. The summed E-state index contributed by atoms with van der Waals surface area (Å²) in [6.45, 7) is 0.504. The number of ether oxygens (including phenoxy) is 2. The molecule has 1 amide bonds. The average molecular weight is 424 g/mol. The second kappa shape index (κ2) is 9.75. The van der Waals surface area contributed by atoms with Gasteiger partial charge >= 0.3 is 0 Å². The molecular weight excluding hydrogens is 400 g/mol. The fourth-order valence-corrected chi connectivity index (χ4v) is 3.30. The first-order chi connectivity index (χ1) is 14.9. The minimum atomic E-state index is -0.497. The van der Waals surface area contributed by atoms with Crippen molar-refractivity contribution >= 4 is 11.6 Å². The first-order valence-electron chi connectivity index (χ1n) is 9.67. The van der Waals surface area contributed by atoms with Crippen LogP contribution in [0, 0.1) is 10.1 Å². The van der Waals surface area contributed by atoms with Gasteiger partial charge in [0.15, 0.2) is 11.5 Å². The Hall–Kier alpha value is -3.88. The summed E-state index contributed by atoms with van der Waals surface area (Å²) in [7, 11) is 4.86.